The van der Waals surface area contributed by atoms with Gasteiger partial charge in [0.15, 0.2) is 11.5 Å². The van der Waals surface area contributed by atoms with E-state index in [0.717, 1.165) is 0 Å². The van der Waals surface area contributed by atoms with Crippen LogP contribution >= 0.6 is 12.4 Å². The predicted octanol–water partition coefficient (Wildman–Crippen LogP) is -0.0515. The second kappa shape index (κ2) is 10.3. The van der Waals surface area contributed by atoms with Crippen LogP contribution in [0.15, 0.2) is 23.1 Å². The van der Waals surface area contributed by atoms with Crippen LogP contribution in [-0.2, 0) is 19.6 Å². The third-order valence-corrected chi connectivity index (χ3v) is 6.40. The van der Waals surface area contributed by atoms with E-state index in [1.807, 2.05) is 0 Å². The average molecular weight is 436 g/mol. The van der Waals surface area contributed by atoms with E-state index in [0.29, 0.717) is 51.0 Å². The molecule has 1 amide bonds. The summed E-state index contributed by atoms with van der Waals surface area (Å²) in [6.07, 6.45) is 0. The Morgan fingerprint density at radius 1 is 1.14 bits per heavy atom. The lowest BCUT2D eigenvalue weighted by molar-refractivity contribution is -0.131. The molecular formula is C17H26ClN3O6S. The lowest BCUT2D eigenvalue weighted by Crippen LogP contribution is -2.52. The first kappa shape index (κ1) is 22.7. The number of benzene rings is 1. The maximum absolute atomic E-state index is 12.9. The number of hydrogen-bond acceptors (Lipinski definition) is 7. The van der Waals surface area contributed by atoms with Crippen LogP contribution in [0.2, 0.25) is 0 Å². The molecule has 0 spiro atoms. The van der Waals surface area contributed by atoms with Crippen LogP contribution in [0.1, 0.15) is 0 Å². The van der Waals surface area contributed by atoms with Crippen molar-refractivity contribution < 1.29 is 27.4 Å². The summed E-state index contributed by atoms with van der Waals surface area (Å²) in [6.45, 7) is 3.48. The van der Waals surface area contributed by atoms with E-state index in [1.165, 1.54) is 16.4 Å². The molecule has 0 aliphatic carbocycles. The molecule has 28 heavy (non-hydrogen) atoms. The summed E-state index contributed by atoms with van der Waals surface area (Å²) in [6, 6.07) is 4.65. The van der Waals surface area contributed by atoms with Crippen LogP contribution in [0.4, 0.5) is 0 Å². The molecule has 11 heteroatoms. The Kier molecular flexibility index (Phi) is 8.32. The van der Waals surface area contributed by atoms with Crippen LogP contribution < -0.4 is 14.8 Å². The van der Waals surface area contributed by atoms with Gasteiger partial charge in [-0.2, -0.15) is 4.31 Å². The summed E-state index contributed by atoms with van der Waals surface area (Å²) < 4.78 is 43.0. The summed E-state index contributed by atoms with van der Waals surface area (Å²) in [7, 11) is -2.04. The number of nitrogens with one attached hydrogen (secondary N) is 1. The van der Waals surface area contributed by atoms with Gasteiger partial charge >= 0.3 is 0 Å². The molecule has 0 radical (unpaired) electrons. The lowest BCUT2D eigenvalue weighted by atomic mass is 10.3. The number of amides is 1. The minimum Gasteiger partial charge on any atom is -0.486 e. The van der Waals surface area contributed by atoms with E-state index in [2.05, 4.69) is 5.32 Å². The van der Waals surface area contributed by atoms with Gasteiger partial charge in [-0.05, 0) is 12.1 Å². The van der Waals surface area contributed by atoms with Crippen LogP contribution in [-0.4, -0.2) is 89.7 Å². The fourth-order valence-corrected chi connectivity index (χ4v) is 4.43. The van der Waals surface area contributed by atoms with Gasteiger partial charge in [-0.25, -0.2) is 8.42 Å². The summed E-state index contributed by atoms with van der Waals surface area (Å²) in [5.74, 6) is 0.956. The number of rotatable bonds is 7. The van der Waals surface area contributed by atoms with Crippen molar-refractivity contribution in [2.75, 3.05) is 66.2 Å². The molecule has 1 aromatic rings. The van der Waals surface area contributed by atoms with Gasteiger partial charge in [-0.3, -0.25) is 4.79 Å². The van der Waals surface area contributed by atoms with E-state index in [4.69, 9.17) is 14.2 Å². The summed E-state index contributed by atoms with van der Waals surface area (Å²) in [5.41, 5.74) is 0. The molecule has 9 nitrogen and oxygen atoms in total. The maximum atomic E-state index is 12.9. The van der Waals surface area contributed by atoms with Gasteiger partial charge in [-0.15, -0.1) is 12.4 Å². The fraction of sp³-hybridized carbons (Fsp3) is 0.588. The number of ether oxygens (including phenoxy) is 3. The lowest BCUT2D eigenvalue weighted by Gasteiger charge is -2.34. The molecule has 3 rings (SSSR count). The maximum Gasteiger partial charge on any atom is 0.243 e. The van der Waals surface area contributed by atoms with Crippen molar-refractivity contribution in [3.8, 4) is 11.5 Å². The molecule has 0 bridgehead atoms. The Labute approximate surface area is 171 Å². The second-order valence-electron chi connectivity index (χ2n) is 6.26. The van der Waals surface area contributed by atoms with Gasteiger partial charge < -0.3 is 24.4 Å². The minimum atomic E-state index is -3.64. The summed E-state index contributed by atoms with van der Waals surface area (Å²) in [5, 5.41) is 3.01. The smallest absolute Gasteiger partial charge is 0.243 e. The zero-order chi connectivity index (χ0) is 19.3. The first-order valence-electron chi connectivity index (χ1n) is 8.89. The number of methoxy groups -OCH3 is 1. The fourth-order valence-electron chi connectivity index (χ4n) is 2.99. The number of hydrogen-bond donors (Lipinski definition) is 1. The highest BCUT2D eigenvalue weighted by Crippen LogP contribution is 2.33. The van der Waals surface area contributed by atoms with E-state index < -0.39 is 10.0 Å². The minimum absolute atomic E-state index is 0. The largest absolute Gasteiger partial charge is 0.486 e. The Morgan fingerprint density at radius 2 is 1.82 bits per heavy atom. The van der Waals surface area contributed by atoms with Crippen LogP contribution in [0.25, 0.3) is 0 Å². The molecule has 1 fully saturated rings. The zero-order valence-electron chi connectivity index (χ0n) is 15.8. The molecule has 0 aromatic heterocycles. The first-order valence-corrected chi connectivity index (χ1v) is 10.3. The molecule has 0 saturated carbocycles. The van der Waals surface area contributed by atoms with Gasteiger partial charge in [0, 0.05) is 45.9 Å². The number of nitrogens with zero attached hydrogens (tertiary/aromatic N) is 2. The Morgan fingerprint density at radius 3 is 2.50 bits per heavy atom. The van der Waals surface area contributed by atoms with Crippen molar-refractivity contribution >= 4 is 28.3 Å². The van der Waals surface area contributed by atoms with Gasteiger partial charge in [-0.1, -0.05) is 0 Å². The Hall–Kier alpha value is -1.59. The first-order chi connectivity index (χ1) is 13.0. The average Bonchev–Trinajstić information content (AvgIpc) is 2.70. The molecule has 2 aliphatic rings. The highest BCUT2D eigenvalue weighted by Gasteiger charge is 2.31. The van der Waals surface area contributed by atoms with Crippen molar-refractivity contribution in [2.24, 2.45) is 0 Å². The van der Waals surface area contributed by atoms with Gasteiger partial charge in [0.05, 0.1) is 18.0 Å². The SMILES string of the molecule is COCCNCC(=O)N1CCN(S(=O)(=O)c2ccc3c(c2)OCCO3)CC1.Cl. The predicted molar refractivity (Wildman–Crippen MR) is 105 cm³/mol. The van der Waals surface area contributed by atoms with Crippen molar-refractivity contribution in [3.63, 3.8) is 0 Å². The summed E-state index contributed by atoms with van der Waals surface area (Å²) in [4.78, 5) is 14.0. The number of carbonyl (C=O) groups excluding carboxylic acids is 1. The molecule has 2 aliphatic heterocycles. The van der Waals surface area contributed by atoms with Gasteiger partial charge in [0.25, 0.3) is 0 Å². The molecule has 0 unspecified atom stereocenters. The number of fused-ring (bicyclic) bond motifs is 1. The molecule has 1 N–H and O–H groups in total. The van der Waals surface area contributed by atoms with E-state index in [9.17, 15) is 13.2 Å². The second-order valence-corrected chi connectivity index (χ2v) is 8.20. The molecule has 158 valence electrons. The Bertz CT molecular complexity index is 768. The van der Waals surface area contributed by atoms with Crippen molar-refractivity contribution in [3.05, 3.63) is 18.2 Å². The topological polar surface area (TPSA) is 97.4 Å². The number of piperazine rings is 1. The van der Waals surface area contributed by atoms with E-state index >= 15 is 0 Å². The molecule has 1 aromatic carbocycles. The van der Waals surface area contributed by atoms with Crippen molar-refractivity contribution in [2.45, 2.75) is 4.90 Å². The number of halogens is 1. The highest BCUT2D eigenvalue weighted by atomic mass is 35.5. The van der Waals surface area contributed by atoms with Crippen molar-refractivity contribution in [1.82, 2.24) is 14.5 Å². The van der Waals surface area contributed by atoms with Gasteiger partial charge in [0.2, 0.25) is 15.9 Å². The van der Waals surface area contributed by atoms with Crippen molar-refractivity contribution in [1.29, 1.82) is 0 Å². The molecule has 0 atom stereocenters. The molecule has 1 saturated heterocycles. The third kappa shape index (κ3) is 5.26. The third-order valence-electron chi connectivity index (χ3n) is 4.50. The van der Waals surface area contributed by atoms with Crippen LogP contribution in [0, 0.1) is 0 Å². The monoisotopic (exact) mass is 435 g/mol. The van der Waals surface area contributed by atoms with E-state index in [-0.39, 0.29) is 42.8 Å². The molecule has 2 heterocycles. The molecular weight excluding hydrogens is 410 g/mol. The zero-order valence-corrected chi connectivity index (χ0v) is 17.4. The summed E-state index contributed by atoms with van der Waals surface area (Å²) >= 11 is 0. The quantitative estimate of drug-likeness (QED) is 0.599. The number of sulfonamides is 1. The van der Waals surface area contributed by atoms with Crippen LogP contribution in [0.3, 0.4) is 0 Å². The highest BCUT2D eigenvalue weighted by molar-refractivity contribution is 7.89. The van der Waals surface area contributed by atoms with Gasteiger partial charge in [0.1, 0.15) is 13.2 Å². The van der Waals surface area contributed by atoms with E-state index in [1.54, 1.807) is 18.1 Å². The standard InChI is InChI=1S/C17H25N3O6S.ClH/c1-24-9-4-18-13-17(21)19-5-7-20(8-6-19)27(22,23)14-2-3-15-16(12-14)26-11-10-25-15;/h2-3,12,18H,4-11,13H2,1H3;1H. The Balaban J connectivity index is 0.00000280. The number of carbonyl (C=O) groups is 1. The normalized spacial score (nSPS) is 17.1. The van der Waals surface area contributed by atoms with Crippen LogP contribution in [0.5, 0.6) is 11.5 Å².